The summed E-state index contributed by atoms with van der Waals surface area (Å²) < 4.78 is 16.5. The lowest BCUT2D eigenvalue weighted by atomic mass is 9.99. The summed E-state index contributed by atoms with van der Waals surface area (Å²) in [7, 11) is 0. The zero-order chi connectivity index (χ0) is 28.8. The first-order valence-corrected chi connectivity index (χ1v) is 14.8. The number of alkyl halides is 3. The normalized spacial score (nSPS) is 21.9. The fourth-order valence-electron chi connectivity index (χ4n) is 5.08. The van der Waals surface area contributed by atoms with Crippen LogP contribution < -0.4 is 5.32 Å². The second kappa shape index (κ2) is 13.8. The maximum Gasteiger partial charge on any atom is 0.272 e. The van der Waals surface area contributed by atoms with Crippen LogP contribution in [0.15, 0.2) is 72.8 Å². The predicted molar refractivity (Wildman–Crippen MR) is 160 cm³/mol. The van der Waals surface area contributed by atoms with Gasteiger partial charge in [0.15, 0.2) is 6.29 Å². The summed E-state index contributed by atoms with van der Waals surface area (Å²) in [6, 6.07) is 23.9. The van der Waals surface area contributed by atoms with Crippen molar-refractivity contribution >= 4 is 40.7 Å². The number of nitrogens with zero attached hydrogens (tertiary/aromatic N) is 1. The number of nitrogens with one attached hydrogen (secondary N) is 1. The molecular weight excluding hydrogens is 587 g/mol. The number of rotatable bonds is 8. The van der Waals surface area contributed by atoms with Gasteiger partial charge in [-0.05, 0) is 33.9 Å². The van der Waals surface area contributed by atoms with E-state index in [1.165, 1.54) is 0 Å². The molecule has 1 amide bonds. The summed E-state index contributed by atoms with van der Waals surface area (Å²) >= 11 is 17.0. The van der Waals surface area contributed by atoms with Gasteiger partial charge in [0, 0.05) is 38.2 Å². The van der Waals surface area contributed by atoms with Crippen LogP contribution in [0.25, 0.3) is 11.1 Å². The SMILES string of the molecule is O=C(NCc1cccc(-c2ccc(C3OC(CN4CCOCC4)CC(c4ccc(CO)cc4)O3)cc2)c1)C(Cl)(Cl)Cl. The number of amides is 1. The molecule has 0 spiro atoms. The maximum absolute atomic E-state index is 11.9. The molecule has 10 heteroatoms. The predicted octanol–water partition coefficient (Wildman–Crippen LogP) is 5.71. The van der Waals surface area contributed by atoms with Gasteiger partial charge in [-0.2, -0.15) is 0 Å². The Kier molecular flexibility index (Phi) is 10.2. The van der Waals surface area contributed by atoms with E-state index in [2.05, 4.69) is 10.2 Å². The van der Waals surface area contributed by atoms with Crippen LogP contribution in [-0.4, -0.2) is 58.7 Å². The molecule has 7 nitrogen and oxygen atoms in total. The van der Waals surface area contributed by atoms with Crippen LogP contribution in [0.4, 0.5) is 0 Å². The van der Waals surface area contributed by atoms with Crippen molar-refractivity contribution in [2.24, 2.45) is 0 Å². The third-order valence-corrected chi connectivity index (χ3v) is 7.85. The molecule has 0 saturated carbocycles. The van der Waals surface area contributed by atoms with E-state index in [1.54, 1.807) is 0 Å². The van der Waals surface area contributed by atoms with E-state index in [1.807, 2.05) is 72.8 Å². The standard InChI is InChI=1S/C31H33Cl3N2O5/c32-31(33,34)30(38)35-18-22-2-1-3-26(16-22)23-8-10-25(11-9-23)29-40-27(19-36-12-14-39-15-13-36)17-28(41-29)24-6-4-21(20-37)5-7-24/h1-11,16,27-29,37H,12-15,17-20H2,(H,35,38). The van der Waals surface area contributed by atoms with Crippen molar-refractivity contribution < 1.29 is 24.1 Å². The number of benzene rings is 3. The minimum atomic E-state index is -2.00. The Morgan fingerprint density at radius 3 is 2.29 bits per heavy atom. The first-order chi connectivity index (χ1) is 19.8. The van der Waals surface area contributed by atoms with Crippen molar-refractivity contribution in [3.05, 3.63) is 95.1 Å². The van der Waals surface area contributed by atoms with E-state index in [4.69, 9.17) is 49.0 Å². The average Bonchev–Trinajstić information content (AvgIpc) is 3.00. The number of hydrogen-bond acceptors (Lipinski definition) is 6. The molecule has 0 aromatic heterocycles. The topological polar surface area (TPSA) is 80.3 Å². The summed E-state index contributed by atoms with van der Waals surface area (Å²) in [5.74, 6) is -0.667. The first-order valence-electron chi connectivity index (χ1n) is 13.6. The van der Waals surface area contributed by atoms with Gasteiger partial charge in [0.1, 0.15) is 0 Å². The molecule has 2 fully saturated rings. The fourth-order valence-corrected chi connectivity index (χ4v) is 5.28. The van der Waals surface area contributed by atoms with Crippen molar-refractivity contribution in [3.63, 3.8) is 0 Å². The average molecular weight is 620 g/mol. The highest BCUT2D eigenvalue weighted by Gasteiger charge is 2.33. The first kappa shape index (κ1) is 30.3. The molecule has 0 aliphatic carbocycles. The molecule has 2 heterocycles. The number of morpholine rings is 1. The van der Waals surface area contributed by atoms with E-state index < -0.39 is 16.0 Å². The van der Waals surface area contributed by atoms with Gasteiger partial charge in [0.05, 0.1) is 32.0 Å². The molecule has 2 N–H and O–H groups in total. The lowest BCUT2D eigenvalue weighted by molar-refractivity contribution is -0.253. The van der Waals surface area contributed by atoms with Gasteiger partial charge in [-0.25, -0.2) is 0 Å². The zero-order valence-corrected chi connectivity index (χ0v) is 24.7. The molecule has 2 aliphatic heterocycles. The Morgan fingerprint density at radius 2 is 1.61 bits per heavy atom. The molecule has 0 bridgehead atoms. The van der Waals surface area contributed by atoms with Gasteiger partial charge in [-0.15, -0.1) is 0 Å². The van der Waals surface area contributed by atoms with Crippen molar-refractivity contribution in [1.29, 1.82) is 0 Å². The largest absolute Gasteiger partial charge is 0.392 e. The Labute approximate surface area is 255 Å². The molecule has 3 aromatic rings. The molecule has 41 heavy (non-hydrogen) atoms. The third-order valence-electron chi connectivity index (χ3n) is 7.33. The van der Waals surface area contributed by atoms with Gasteiger partial charge < -0.3 is 24.6 Å². The Bertz CT molecular complexity index is 1290. The van der Waals surface area contributed by atoms with E-state index in [0.29, 0.717) is 0 Å². The van der Waals surface area contributed by atoms with Crippen LogP contribution >= 0.6 is 34.8 Å². The van der Waals surface area contributed by atoms with E-state index in [-0.39, 0.29) is 25.4 Å². The lowest BCUT2D eigenvalue weighted by Crippen LogP contribution is -2.44. The second-order valence-electron chi connectivity index (χ2n) is 10.3. The number of carbonyl (C=O) groups excluding carboxylic acids is 1. The van der Waals surface area contributed by atoms with Crippen LogP contribution in [0, 0.1) is 0 Å². The van der Waals surface area contributed by atoms with Crippen molar-refractivity contribution in [1.82, 2.24) is 10.2 Å². The van der Waals surface area contributed by atoms with E-state index in [0.717, 1.165) is 72.6 Å². The minimum absolute atomic E-state index is 0.00589. The summed E-state index contributed by atoms with van der Waals surface area (Å²) in [5, 5.41) is 12.1. The van der Waals surface area contributed by atoms with E-state index >= 15 is 0 Å². The number of carbonyl (C=O) groups is 1. The lowest BCUT2D eigenvalue weighted by Gasteiger charge is -2.39. The smallest absolute Gasteiger partial charge is 0.272 e. The highest BCUT2D eigenvalue weighted by Crippen LogP contribution is 2.38. The van der Waals surface area contributed by atoms with E-state index in [9.17, 15) is 9.90 Å². The molecule has 0 radical (unpaired) electrons. The summed E-state index contributed by atoms with van der Waals surface area (Å²) in [6.45, 7) is 4.32. The van der Waals surface area contributed by atoms with Crippen LogP contribution in [0.2, 0.25) is 0 Å². The van der Waals surface area contributed by atoms with Gasteiger partial charge in [-0.3, -0.25) is 9.69 Å². The number of hydrogen-bond donors (Lipinski definition) is 2. The number of ether oxygens (including phenoxy) is 3. The maximum atomic E-state index is 11.9. The molecule has 5 rings (SSSR count). The number of halogens is 3. The van der Waals surface area contributed by atoms with Crippen LogP contribution in [-0.2, 0) is 32.2 Å². The van der Waals surface area contributed by atoms with Crippen molar-refractivity contribution in [3.8, 4) is 11.1 Å². The van der Waals surface area contributed by atoms with Gasteiger partial charge >= 0.3 is 0 Å². The molecule has 3 aromatic carbocycles. The molecule has 2 saturated heterocycles. The Balaban J connectivity index is 1.30. The van der Waals surface area contributed by atoms with Crippen LogP contribution in [0.3, 0.4) is 0 Å². The molecule has 218 valence electrons. The molecule has 3 unspecified atom stereocenters. The highest BCUT2D eigenvalue weighted by atomic mass is 35.6. The Morgan fingerprint density at radius 1 is 0.902 bits per heavy atom. The second-order valence-corrected chi connectivity index (χ2v) is 12.5. The van der Waals surface area contributed by atoms with Crippen molar-refractivity contribution in [2.75, 3.05) is 32.8 Å². The number of aliphatic hydroxyl groups is 1. The third kappa shape index (κ3) is 8.21. The minimum Gasteiger partial charge on any atom is -0.392 e. The van der Waals surface area contributed by atoms with Gasteiger partial charge in [0.2, 0.25) is 0 Å². The summed E-state index contributed by atoms with van der Waals surface area (Å²) in [4.78, 5) is 14.3. The molecule has 3 atom stereocenters. The highest BCUT2D eigenvalue weighted by molar-refractivity contribution is 6.76. The van der Waals surface area contributed by atoms with Crippen LogP contribution in [0.1, 0.15) is 41.1 Å². The number of aliphatic hydroxyl groups excluding tert-OH is 1. The molecule has 2 aliphatic rings. The summed E-state index contributed by atoms with van der Waals surface area (Å²) in [6.07, 6.45) is 0.0849. The van der Waals surface area contributed by atoms with Gasteiger partial charge in [-0.1, -0.05) is 102 Å². The Hall–Kier alpha value is -2.20. The monoisotopic (exact) mass is 618 g/mol. The molecular formula is C31H33Cl3N2O5. The quantitative estimate of drug-likeness (QED) is 0.315. The van der Waals surface area contributed by atoms with Crippen molar-refractivity contribution in [2.45, 2.75) is 41.9 Å². The van der Waals surface area contributed by atoms with Gasteiger partial charge in [0.25, 0.3) is 9.70 Å². The summed E-state index contributed by atoms with van der Waals surface area (Å²) in [5.41, 5.74) is 5.76. The fraction of sp³-hybridized carbons (Fsp3) is 0.387. The van der Waals surface area contributed by atoms with Crippen LogP contribution in [0.5, 0.6) is 0 Å². The zero-order valence-electron chi connectivity index (χ0n) is 22.5.